The zero-order chi connectivity index (χ0) is 16.9. The lowest BCUT2D eigenvalue weighted by Gasteiger charge is -2.08. The second kappa shape index (κ2) is 7.23. The Morgan fingerprint density at radius 1 is 1.09 bits per heavy atom. The third-order valence-corrected chi connectivity index (χ3v) is 3.59. The number of carbonyl (C=O) groups is 1. The maximum absolute atomic E-state index is 13.1. The minimum Gasteiger partial charge on any atom is -0.326 e. The summed E-state index contributed by atoms with van der Waals surface area (Å²) in [7, 11) is -3.37. The molecule has 2 aromatic rings. The van der Waals surface area contributed by atoms with E-state index in [0.29, 0.717) is 17.8 Å². The van der Waals surface area contributed by atoms with E-state index in [2.05, 4.69) is 10.0 Å². The fourth-order valence-electron chi connectivity index (χ4n) is 2.05. The Morgan fingerprint density at radius 3 is 2.48 bits per heavy atom. The van der Waals surface area contributed by atoms with Crippen LogP contribution in [0.5, 0.6) is 0 Å². The summed E-state index contributed by atoms with van der Waals surface area (Å²) in [6, 6.07) is 12.5. The average molecular weight is 336 g/mol. The van der Waals surface area contributed by atoms with Crippen LogP contribution in [0, 0.1) is 5.82 Å². The molecule has 2 rings (SSSR count). The molecule has 0 aliphatic heterocycles. The van der Waals surface area contributed by atoms with E-state index in [1.54, 1.807) is 30.3 Å². The normalized spacial score (nSPS) is 11.0. The molecule has 0 aliphatic carbocycles. The molecule has 0 radical (unpaired) electrons. The van der Waals surface area contributed by atoms with Crippen LogP contribution in [0.1, 0.15) is 12.0 Å². The molecule has 2 N–H and O–H groups in total. The third-order valence-electron chi connectivity index (χ3n) is 2.98. The summed E-state index contributed by atoms with van der Waals surface area (Å²) in [6.45, 7) is 0. The number of nitrogens with one attached hydrogen (secondary N) is 2. The quantitative estimate of drug-likeness (QED) is 0.852. The molecule has 0 saturated heterocycles. The fraction of sp³-hybridized carbons (Fsp3) is 0.188. The van der Waals surface area contributed by atoms with Crippen molar-refractivity contribution in [1.29, 1.82) is 0 Å². The topological polar surface area (TPSA) is 75.3 Å². The smallest absolute Gasteiger partial charge is 0.229 e. The molecule has 7 heteroatoms. The number of anilines is 2. The lowest BCUT2D eigenvalue weighted by Crippen LogP contribution is -2.13. The van der Waals surface area contributed by atoms with E-state index >= 15 is 0 Å². The van der Waals surface area contributed by atoms with E-state index in [4.69, 9.17) is 0 Å². The number of sulfonamides is 1. The van der Waals surface area contributed by atoms with Crippen LogP contribution in [-0.2, 0) is 21.2 Å². The van der Waals surface area contributed by atoms with Crippen molar-refractivity contribution in [3.8, 4) is 0 Å². The molecule has 0 fully saturated rings. The number of hydrogen-bond donors (Lipinski definition) is 2. The summed E-state index contributed by atoms with van der Waals surface area (Å²) >= 11 is 0. The van der Waals surface area contributed by atoms with Crippen LogP contribution < -0.4 is 10.0 Å². The van der Waals surface area contributed by atoms with Crippen molar-refractivity contribution >= 4 is 27.3 Å². The number of hydrogen-bond acceptors (Lipinski definition) is 3. The highest BCUT2D eigenvalue weighted by Crippen LogP contribution is 2.16. The van der Waals surface area contributed by atoms with Gasteiger partial charge in [-0.05, 0) is 42.3 Å². The zero-order valence-electron chi connectivity index (χ0n) is 12.5. The van der Waals surface area contributed by atoms with E-state index < -0.39 is 10.0 Å². The van der Waals surface area contributed by atoms with Gasteiger partial charge in [-0.2, -0.15) is 0 Å². The summed E-state index contributed by atoms with van der Waals surface area (Å²) < 4.78 is 37.8. The predicted octanol–water partition coefficient (Wildman–Crippen LogP) is 2.77. The Balaban J connectivity index is 1.93. The van der Waals surface area contributed by atoms with E-state index in [9.17, 15) is 17.6 Å². The van der Waals surface area contributed by atoms with Crippen molar-refractivity contribution in [3.05, 3.63) is 59.9 Å². The van der Waals surface area contributed by atoms with Gasteiger partial charge in [0.15, 0.2) is 0 Å². The van der Waals surface area contributed by atoms with Gasteiger partial charge in [0.25, 0.3) is 0 Å². The Bertz CT molecular complexity index is 806. The SMILES string of the molecule is CS(=O)(=O)Nc1cccc(NC(=O)CCc2cccc(F)c2)c1. The van der Waals surface area contributed by atoms with Gasteiger partial charge in [0, 0.05) is 12.1 Å². The molecule has 0 aliphatic rings. The summed E-state index contributed by atoms with van der Waals surface area (Å²) in [5, 5.41) is 2.69. The van der Waals surface area contributed by atoms with Gasteiger partial charge in [-0.1, -0.05) is 18.2 Å². The van der Waals surface area contributed by atoms with Crippen molar-refractivity contribution < 1.29 is 17.6 Å². The number of aryl methyl sites for hydroxylation is 1. The van der Waals surface area contributed by atoms with Gasteiger partial charge in [0.1, 0.15) is 5.82 Å². The number of carbonyl (C=O) groups excluding carboxylic acids is 1. The average Bonchev–Trinajstić information content (AvgIpc) is 2.44. The Kier molecular flexibility index (Phi) is 5.33. The molecule has 1 amide bonds. The first kappa shape index (κ1) is 17.0. The molecule has 0 spiro atoms. The van der Waals surface area contributed by atoms with Gasteiger partial charge < -0.3 is 5.32 Å². The molecule has 0 heterocycles. The van der Waals surface area contributed by atoms with Crippen molar-refractivity contribution in [3.63, 3.8) is 0 Å². The molecule has 0 unspecified atom stereocenters. The molecule has 23 heavy (non-hydrogen) atoms. The molecule has 0 atom stereocenters. The Labute approximate surface area is 134 Å². The van der Waals surface area contributed by atoms with Gasteiger partial charge in [0.05, 0.1) is 11.9 Å². The first-order chi connectivity index (χ1) is 10.8. The number of rotatable bonds is 6. The van der Waals surface area contributed by atoms with E-state index in [1.807, 2.05) is 0 Å². The summed E-state index contributed by atoms with van der Waals surface area (Å²) in [6.07, 6.45) is 1.68. The summed E-state index contributed by atoms with van der Waals surface area (Å²) in [5.41, 5.74) is 1.60. The van der Waals surface area contributed by atoms with Crippen LogP contribution in [0.3, 0.4) is 0 Å². The predicted molar refractivity (Wildman–Crippen MR) is 88.3 cm³/mol. The minimum atomic E-state index is -3.37. The molecule has 0 bridgehead atoms. The van der Waals surface area contributed by atoms with Gasteiger partial charge >= 0.3 is 0 Å². The minimum absolute atomic E-state index is 0.202. The van der Waals surface area contributed by atoms with Crippen LogP contribution in [0.2, 0.25) is 0 Å². The Hall–Kier alpha value is -2.41. The van der Waals surface area contributed by atoms with Crippen LogP contribution in [0.4, 0.5) is 15.8 Å². The largest absolute Gasteiger partial charge is 0.326 e. The van der Waals surface area contributed by atoms with Crippen LogP contribution >= 0.6 is 0 Å². The van der Waals surface area contributed by atoms with Gasteiger partial charge in [0.2, 0.25) is 15.9 Å². The highest BCUT2D eigenvalue weighted by molar-refractivity contribution is 7.92. The highest BCUT2D eigenvalue weighted by atomic mass is 32.2. The number of amides is 1. The molecule has 0 aromatic heterocycles. The van der Waals surface area contributed by atoms with E-state index in [1.165, 1.54) is 18.2 Å². The molecule has 2 aromatic carbocycles. The van der Waals surface area contributed by atoms with Crippen molar-refractivity contribution in [2.45, 2.75) is 12.8 Å². The maximum Gasteiger partial charge on any atom is 0.229 e. The Morgan fingerprint density at radius 2 is 1.78 bits per heavy atom. The summed E-state index contributed by atoms with van der Waals surface area (Å²) in [5.74, 6) is -0.562. The monoisotopic (exact) mass is 336 g/mol. The third kappa shape index (κ3) is 6.07. The van der Waals surface area contributed by atoms with Gasteiger partial charge in [-0.15, -0.1) is 0 Å². The van der Waals surface area contributed by atoms with Crippen LogP contribution in [0.15, 0.2) is 48.5 Å². The first-order valence-electron chi connectivity index (χ1n) is 6.94. The van der Waals surface area contributed by atoms with Gasteiger partial charge in [-0.25, -0.2) is 12.8 Å². The summed E-state index contributed by atoms with van der Waals surface area (Å²) in [4.78, 5) is 11.9. The van der Waals surface area contributed by atoms with Gasteiger partial charge in [-0.3, -0.25) is 9.52 Å². The second-order valence-electron chi connectivity index (χ2n) is 5.13. The molecule has 122 valence electrons. The molecular formula is C16H17FN2O3S. The van der Waals surface area contributed by atoms with E-state index in [0.717, 1.165) is 11.8 Å². The second-order valence-corrected chi connectivity index (χ2v) is 6.88. The zero-order valence-corrected chi connectivity index (χ0v) is 13.4. The molecule has 5 nitrogen and oxygen atoms in total. The van der Waals surface area contributed by atoms with E-state index in [-0.39, 0.29) is 18.1 Å². The number of benzene rings is 2. The first-order valence-corrected chi connectivity index (χ1v) is 8.83. The lowest BCUT2D eigenvalue weighted by molar-refractivity contribution is -0.116. The lowest BCUT2D eigenvalue weighted by atomic mass is 10.1. The van der Waals surface area contributed by atoms with Crippen molar-refractivity contribution in [1.82, 2.24) is 0 Å². The molecular weight excluding hydrogens is 319 g/mol. The number of halogens is 1. The fourth-order valence-corrected chi connectivity index (χ4v) is 2.60. The maximum atomic E-state index is 13.1. The highest BCUT2D eigenvalue weighted by Gasteiger charge is 2.06. The standard InChI is InChI=1S/C16H17FN2O3S/c1-23(21,22)19-15-7-3-6-14(11-15)18-16(20)9-8-12-4-2-5-13(17)10-12/h2-7,10-11,19H,8-9H2,1H3,(H,18,20). The van der Waals surface area contributed by atoms with Crippen molar-refractivity contribution in [2.24, 2.45) is 0 Å². The van der Waals surface area contributed by atoms with Crippen LogP contribution in [-0.4, -0.2) is 20.6 Å². The van der Waals surface area contributed by atoms with Crippen LogP contribution in [0.25, 0.3) is 0 Å². The molecule has 0 saturated carbocycles. The van der Waals surface area contributed by atoms with Crippen molar-refractivity contribution in [2.75, 3.05) is 16.3 Å².